The van der Waals surface area contributed by atoms with Crippen LogP contribution in [0.1, 0.15) is 18.4 Å². The Morgan fingerprint density at radius 1 is 1.25 bits per heavy atom. The number of alkyl halides is 1. The Balaban J connectivity index is 2.96. The van der Waals surface area contributed by atoms with Gasteiger partial charge in [-0.2, -0.15) is 0 Å². The van der Waals surface area contributed by atoms with Gasteiger partial charge in [-0.1, -0.05) is 36.2 Å². The summed E-state index contributed by atoms with van der Waals surface area (Å²) in [6.45, 7) is 2.05. The molecule has 0 aliphatic carbocycles. The van der Waals surface area contributed by atoms with Crippen LogP contribution in [0.5, 0.6) is 0 Å². The van der Waals surface area contributed by atoms with E-state index in [9.17, 15) is 0 Å². The minimum absolute atomic E-state index is 0.321. The predicted molar refractivity (Wildman–Crippen MR) is 55.6 cm³/mol. The number of hydrogen-bond acceptors (Lipinski definition) is 0. The first-order chi connectivity index (χ1) is 5.65. The van der Waals surface area contributed by atoms with Crippen LogP contribution in [0.15, 0.2) is 18.2 Å². The largest absolute Gasteiger partial charge is 0.126 e. The molecule has 0 nitrogen and oxygen atoms in total. The highest BCUT2D eigenvalue weighted by Crippen LogP contribution is 2.26. The second-order valence-electron chi connectivity index (χ2n) is 2.73. The summed E-state index contributed by atoms with van der Waals surface area (Å²) in [5.41, 5.74) is 1.12. The molecule has 66 valence electrons. The van der Waals surface area contributed by atoms with Crippen LogP contribution in [0.25, 0.3) is 0 Å². The number of benzene rings is 1. The zero-order valence-corrected chi connectivity index (χ0v) is 8.92. The Morgan fingerprint density at radius 3 is 2.42 bits per heavy atom. The standard InChI is InChI=1S/C9H9Cl3/c1-6(5-10)7-2-3-8(11)9(12)4-7/h2-4,6H,5H2,1H3. The second-order valence-corrected chi connectivity index (χ2v) is 3.85. The number of hydrogen-bond donors (Lipinski definition) is 0. The molecule has 0 saturated heterocycles. The Morgan fingerprint density at radius 2 is 1.92 bits per heavy atom. The van der Waals surface area contributed by atoms with Crippen LogP contribution in [0.2, 0.25) is 10.0 Å². The number of halogens is 3. The van der Waals surface area contributed by atoms with Gasteiger partial charge in [0.1, 0.15) is 0 Å². The smallest absolute Gasteiger partial charge is 0.0595 e. The van der Waals surface area contributed by atoms with E-state index in [4.69, 9.17) is 34.8 Å². The third kappa shape index (κ3) is 2.29. The molecule has 1 aromatic rings. The summed E-state index contributed by atoms with van der Waals surface area (Å²) in [5.74, 6) is 0.916. The van der Waals surface area contributed by atoms with Gasteiger partial charge in [0.25, 0.3) is 0 Å². The average molecular weight is 224 g/mol. The Kier molecular flexibility index (Phi) is 3.70. The lowest BCUT2D eigenvalue weighted by Crippen LogP contribution is -1.93. The maximum atomic E-state index is 5.84. The van der Waals surface area contributed by atoms with Gasteiger partial charge in [0.15, 0.2) is 0 Å². The van der Waals surface area contributed by atoms with Crippen molar-refractivity contribution in [2.24, 2.45) is 0 Å². The first-order valence-corrected chi connectivity index (χ1v) is 4.95. The Bertz CT molecular complexity index is 270. The van der Waals surface area contributed by atoms with Gasteiger partial charge in [-0.15, -0.1) is 11.6 Å². The quantitative estimate of drug-likeness (QED) is 0.655. The van der Waals surface area contributed by atoms with E-state index in [1.54, 1.807) is 6.07 Å². The predicted octanol–water partition coefficient (Wildman–Crippen LogP) is 4.34. The molecule has 0 spiro atoms. The molecule has 0 fully saturated rings. The highest BCUT2D eigenvalue weighted by atomic mass is 35.5. The van der Waals surface area contributed by atoms with E-state index in [1.807, 2.05) is 19.1 Å². The molecule has 0 radical (unpaired) electrons. The molecule has 0 bridgehead atoms. The van der Waals surface area contributed by atoms with E-state index in [1.165, 1.54) is 0 Å². The highest BCUT2D eigenvalue weighted by molar-refractivity contribution is 6.42. The molecule has 0 heterocycles. The van der Waals surface area contributed by atoms with Crippen LogP contribution in [0, 0.1) is 0 Å². The molecule has 0 N–H and O–H groups in total. The maximum Gasteiger partial charge on any atom is 0.0595 e. The lowest BCUT2D eigenvalue weighted by molar-refractivity contribution is 0.875. The van der Waals surface area contributed by atoms with Gasteiger partial charge in [0, 0.05) is 5.88 Å². The SMILES string of the molecule is CC(CCl)c1ccc(Cl)c(Cl)c1. The Hall–Kier alpha value is 0.0900. The zero-order valence-electron chi connectivity index (χ0n) is 6.65. The van der Waals surface area contributed by atoms with Gasteiger partial charge >= 0.3 is 0 Å². The van der Waals surface area contributed by atoms with Crippen molar-refractivity contribution in [3.8, 4) is 0 Å². The topological polar surface area (TPSA) is 0 Å². The molecule has 0 aliphatic rings. The van der Waals surface area contributed by atoms with Gasteiger partial charge in [0.2, 0.25) is 0 Å². The van der Waals surface area contributed by atoms with Crippen LogP contribution < -0.4 is 0 Å². The van der Waals surface area contributed by atoms with E-state index < -0.39 is 0 Å². The van der Waals surface area contributed by atoms with Crippen molar-refractivity contribution in [1.29, 1.82) is 0 Å². The Labute approximate surface area is 87.4 Å². The van der Waals surface area contributed by atoms with Gasteiger partial charge in [0.05, 0.1) is 10.0 Å². The van der Waals surface area contributed by atoms with Gasteiger partial charge < -0.3 is 0 Å². The lowest BCUT2D eigenvalue weighted by atomic mass is 10.0. The average Bonchev–Trinajstić information content (AvgIpc) is 2.08. The fraction of sp³-hybridized carbons (Fsp3) is 0.333. The molecule has 0 aliphatic heterocycles. The molecular weight excluding hydrogens is 214 g/mol. The summed E-state index contributed by atoms with van der Waals surface area (Å²) < 4.78 is 0. The van der Waals surface area contributed by atoms with Crippen molar-refractivity contribution >= 4 is 34.8 Å². The molecule has 1 unspecified atom stereocenters. The third-order valence-electron chi connectivity index (χ3n) is 1.74. The number of rotatable bonds is 2. The van der Waals surface area contributed by atoms with Crippen LogP contribution in [-0.4, -0.2) is 5.88 Å². The third-order valence-corrected chi connectivity index (χ3v) is 2.95. The fourth-order valence-corrected chi connectivity index (χ4v) is 1.39. The van der Waals surface area contributed by atoms with E-state index >= 15 is 0 Å². The summed E-state index contributed by atoms with van der Waals surface area (Å²) in [5, 5.41) is 1.17. The van der Waals surface area contributed by atoms with E-state index in [0.29, 0.717) is 21.8 Å². The van der Waals surface area contributed by atoms with E-state index in [0.717, 1.165) is 5.56 Å². The molecule has 1 rings (SSSR count). The highest BCUT2D eigenvalue weighted by Gasteiger charge is 2.05. The van der Waals surface area contributed by atoms with Crippen LogP contribution in [-0.2, 0) is 0 Å². The van der Waals surface area contributed by atoms with Gasteiger partial charge in [-0.25, -0.2) is 0 Å². The van der Waals surface area contributed by atoms with Crippen molar-refractivity contribution < 1.29 is 0 Å². The van der Waals surface area contributed by atoms with Gasteiger partial charge in [-0.05, 0) is 23.6 Å². The maximum absolute atomic E-state index is 5.84. The minimum Gasteiger partial charge on any atom is -0.126 e. The second kappa shape index (κ2) is 4.36. The molecule has 1 atom stereocenters. The van der Waals surface area contributed by atoms with Crippen molar-refractivity contribution in [3.63, 3.8) is 0 Å². The monoisotopic (exact) mass is 222 g/mol. The van der Waals surface area contributed by atoms with Crippen molar-refractivity contribution in [1.82, 2.24) is 0 Å². The minimum atomic E-state index is 0.321. The lowest BCUT2D eigenvalue weighted by Gasteiger charge is -2.08. The van der Waals surface area contributed by atoms with Crippen LogP contribution in [0.3, 0.4) is 0 Å². The molecule has 0 amide bonds. The molecule has 0 aromatic heterocycles. The summed E-state index contributed by atoms with van der Waals surface area (Å²) in [6.07, 6.45) is 0. The van der Waals surface area contributed by atoms with Crippen LogP contribution in [0.4, 0.5) is 0 Å². The molecule has 3 heteroatoms. The molecule has 0 saturated carbocycles. The van der Waals surface area contributed by atoms with Gasteiger partial charge in [-0.3, -0.25) is 0 Å². The first-order valence-electron chi connectivity index (χ1n) is 3.66. The molecule has 1 aromatic carbocycles. The summed E-state index contributed by atoms with van der Waals surface area (Å²) in [7, 11) is 0. The van der Waals surface area contributed by atoms with E-state index in [-0.39, 0.29) is 0 Å². The van der Waals surface area contributed by atoms with Crippen molar-refractivity contribution in [2.45, 2.75) is 12.8 Å². The van der Waals surface area contributed by atoms with Crippen molar-refractivity contribution in [3.05, 3.63) is 33.8 Å². The summed E-state index contributed by atoms with van der Waals surface area (Å²) in [6, 6.07) is 5.60. The summed E-state index contributed by atoms with van der Waals surface area (Å²) >= 11 is 17.3. The fourth-order valence-electron chi connectivity index (χ4n) is 0.908. The summed E-state index contributed by atoms with van der Waals surface area (Å²) in [4.78, 5) is 0. The van der Waals surface area contributed by atoms with Crippen LogP contribution >= 0.6 is 34.8 Å². The normalized spacial score (nSPS) is 13.0. The van der Waals surface area contributed by atoms with Crippen molar-refractivity contribution in [2.75, 3.05) is 5.88 Å². The zero-order chi connectivity index (χ0) is 9.14. The first kappa shape index (κ1) is 10.2. The molecule has 12 heavy (non-hydrogen) atoms. The van der Waals surface area contributed by atoms with E-state index in [2.05, 4.69) is 0 Å². The molecular formula is C9H9Cl3.